The second-order valence-corrected chi connectivity index (χ2v) is 7.51. The Labute approximate surface area is 175 Å². The summed E-state index contributed by atoms with van der Waals surface area (Å²) in [5, 5.41) is 11.2. The van der Waals surface area contributed by atoms with Crippen molar-refractivity contribution in [3.05, 3.63) is 78.8 Å². The molecule has 1 heterocycles. The Kier molecular flexibility index (Phi) is 9.23. The van der Waals surface area contributed by atoms with Crippen molar-refractivity contribution in [3.63, 3.8) is 0 Å². The normalized spacial score (nSPS) is 11.6. The number of hydrogen-bond acceptors (Lipinski definition) is 4. The van der Waals surface area contributed by atoms with Gasteiger partial charge in [0.05, 0.1) is 13.7 Å². The maximum Gasteiger partial charge on any atom is 0.135 e. The summed E-state index contributed by atoms with van der Waals surface area (Å²) < 4.78 is 11.5. The van der Waals surface area contributed by atoms with Crippen molar-refractivity contribution in [1.29, 1.82) is 0 Å². The third kappa shape index (κ3) is 6.91. The van der Waals surface area contributed by atoms with Crippen molar-refractivity contribution in [2.75, 3.05) is 13.7 Å². The summed E-state index contributed by atoms with van der Waals surface area (Å²) in [5.74, 6) is 2.37. The molecule has 0 saturated heterocycles. The number of allylic oxidation sites excluding steroid dienone is 2. The lowest BCUT2D eigenvalue weighted by Gasteiger charge is -2.25. The minimum atomic E-state index is -0.983. The smallest absolute Gasteiger partial charge is 0.135 e. The van der Waals surface area contributed by atoms with Crippen LogP contribution in [-0.4, -0.2) is 23.7 Å². The first-order chi connectivity index (χ1) is 14.0. The quantitative estimate of drug-likeness (QED) is 0.408. The van der Waals surface area contributed by atoms with Gasteiger partial charge in [-0.05, 0) is 68.5 Å². The molecule has 2 aromatic rings. The van der Waals surface area contributed by atoms with Crippen molar-refractivity contribution >= 4 is 0 Å². The number of ether oxygens (including phenoxy) is 1. The van der Waals surface area contributed by atoms with E-state index in [4.69, 9.17) is 9.15 Å². The molecule has 0 radical (unpaired) electrons. The van der Waals surface area contributed by atoms with Gasteiger partial charge in [-0.1, -0.05) is 31.2 Å². The fraction of sp³-hybridized carbons (Fsp3) is 0.440. The van der Waals surface area contributed by atoms with Gasteiger partial charge in [0.1, 0.15) is 22.9 Å². The summed E-state index contributed by atoms with van der Waals surface area (Å²) in [6.45, 7) is 12.2. The second kappa shape index (κ2) is 11.6. The molecule has 4 nitrogen and oxygen atoms in total. The highest BCUT2D eigenvalue weighted by Gasteiger charge is 2.31. The van der Waals surface area contributed by atoms with E-state index in [1.54, 1.807) is 7.11 Å². The number of aliphatic hydroxyl groups is 1. The van der Waals surface area contributed by atoms with E-state index in [9.17, 15) is 5.11 Å². The van der Waals surface area contributed by atoms with E-state index >= 15 is 0 Å². The highest BCUT2D eigenvalue weighted by molar-refractivity contribution is 5.28. The van der Waals surface area contributed by atoms with E-state index in [1.807, 2.05) is 36.4 Å². The highest BCUT2D eigenvalue weighted by atomic mass is 16.5. The van der Waals surface area contributed by atoms with Gasteiger partial charge in [-0.15, -0.1) is 13.2 Å². The van der Waals surface area contributed by atoms with Crippen LogP contribution in [0.4, 0.5) is 0 Å². The van der Waals surface area contributed by atoms with Crippen molar-refractivity contribution in [2.45, 2.75) is 57.7 Å². The molecule has 2 rings (SSSR count). The Bertz CT molecular complexity index is 753. The van der Waals surface area contributed by atoms with E-state index in [1.165, 1.54) is 5.56 Å². The van der Waals surface area contributed by atoms with E-state index in [0.29, 0.717) is 25.1 Å². The zero-order chi connectivity index (χ0) is 21.1. The molecule has 0 saturated carbocycles. The van der Waals surface area contributed by atoms with Crippen LogP contribution in [0.5, 0.6) is 5.75 Å². The molecule has 0 aliphatic heterocycles. The van der Waals surface area contributed by atoms with Gasteiger partial charge < -0.3 is 14.3 Å². The van der Waals surface area contributed by atoms with Gasteiger partial charge in [0.15, 0.2) is 0 Å². The topological polar surface area (TPSA) is 45.8 Å². The number of benzene rings is 1. The van der Waals surface area contributed by atoms with Gasteiger partial charge in [0, 0.05) is 6.54 Å². The molecule has 0 atom stereocenters. The molecule has 1 aromatic carbocycles. The minimum Gasteiger partial charge on any atom is -0.497 e. The third-order valence-corrected chi connectivity index (χ3v) is 5.10. The molecule has 158 valence electrons. The molecule has 0 unspecified atom stereocenters. The van der Waals surface area contributed by atoms with Crippen molar-refractivity contribution in [2.24, 2.45) is 0 Å². The maximum absolute atomic E-state index is 11.2. The van der Waals surface area contributed by atoms with Gasteiger partial charge in [-0.3, -0.25) is 4.90 Å². The molecule has 0 bridgehead atoms. The van der Waals surface area contributed by atoms with E-state index in [2.05, 4.69) is 37.1 Å². The molecule has 1 N–H and O–H groups in total. The monoisotopic (exact) mass is 397 g/mol. The lowest BCUT2D eigenvalue weighted by atomic mass is 9.89. The highest BCUT2D eigenvalue weighted by Crippen LogP contribution is 2.33. The molecule has 29 heavy (non-hydrogen) atoms. The van der Waals surface area contributed by atoms with E-state index in [-0.39, 0.29) is 0 Å². The number of methoxy groups -OCH3 is 1. The van der Waals surface area contributed by atoms with Gasteiger partial charge in [-0.2, -0.15) is 0 Å². The summed E-state index contributed by atoms with van der Waals surface area (Å²) in [6.07, 6.45) is 7.39. The minimum absolute atomic E-state index is 0.597. The van der Waals surface area contributed by atoms with Crippen LogP contribution in [0.25, 0.3) is 0 Å². The molecule has 0 spiro atoms. The van der Waals surface area contributed by atoms with E-state index < -0.39 is 5.60 Å². The Hall–Kier alpha value is -2.30. The summed E-state index contributed by atoms with van der Waals surface area (Å²) >= 11 is 0. The van der Waals surface area contributed by atoms with Crippen LogP contribution in [-0.2, 0) is 18.7 Å². The number of furan rings is 1. The summed E-state index contributed by atoms with van der Waals surface area (Å²) in [7, 11) is 1.69. The molecule has 4 heteroatoms. The molecule has 0 aliphatic rings. The van der Waals surface area contributed by atoms with Crippen LogP contribution in [0.1, 0.15) is 56.1 Å². The van der Waals surface area contributed by atoms with Crippen LogP contribution in [0, 0.1) is 0 Å². The predicted octanol–water partition coefficient (Wildman–Crippen LogP) is 5.82. The summed E-state index contributed by atoms with van der Waals surface area (Å²) in [4.78, 5) is 2.35. The number of rotatable bonds is 14. The first-order valence-electron chi connectivity index (χ1n) is 10.4. The van der Waals surface area contributed by atoms with Gasteiger partial charge in [0.25, 0.3) is 0 Å². The molecular formula is C25H35NO3. The van der Waals surface area contributed by atoms with Crippen LogP contribution in [0.2, 0.25) is 0 Å². The molecule has 0 aliphatic carbocycles. The van der Waals surface area contributed by atoms with Crippen LogP contribution < -0.4 is 4.74 Å². The van der Waals surface area contributed by atoms with Crippen molar-refractivity contribution < 1.29 is 14.3 Å². The number of hydrogen-bond donors (Lipinski definition) is 1. The zero-order valence-corrected chi connectivity index (χ0v) is 17.9. The lowest BCUT2D eigenvalue weighted by Crippen LogP contribution is -2.25. The maximum atomic E-state index is 11.2. The lowest BCUT2D eigenvalue weighted by molar-refractivity contribution is -0.00214. The second-order valence-electron chi connectivity index (χ2n) is 7.51. The Morgan fingerprint density at radius 3 is 2.45 bits per heavy atom. The van der Waals surface area contributed by atoms with Crippen molar-refractivity contribution in [3.8, 4) is 5.75 Å². The van der Waals surface area contributed by atoms with Crippen molar-refractivity contribution in [1.82, 2.24) is 4.90 Å². The molecule has 1 aromatic heterocycles. The zero-order valence-electron chi connectivity index (χ0n) is 17.9. The first-order valence-corrected chi connectivity index (χ1v) is 10.4. The molecule has 0 amide bonds. The van der Waals surface area contributed by atoms with Gasteiger partial charge >= 0.3 is 0 Å². The average molecular weight is 398 g/mol. The molecule has 0 fully saturated rings. The van der Waals surface area contributed by atoms with E-state index in [0.717, 1.165) is 43.9 Å². The Morgan fingerprint density at radius 2 is 1.83 bits per heavy atom. The standard InChI is InChI=1S/C25H35NO3/c1-5-8-15-25(27,16-9-6-2)24-14-13-23(29-24)20-26(17-7-3)19-21-11-10-12-22(18-21)28-4/h5-6,10-14,18,27H,1-2,7-9,15-17,19-20H2,3-4H3. The summed E-state index contributed by atoms with van der Waals surface area (Å²) in [5.41, 5.74) is 0.223. The predicted molar refractivity (Wildman–Crippen MR) is 119 cm³/mol. The number of nitrogens with zero attached hydrogens (tertiary/aromatic N) is 1. The van der Waals surface area contributed by atoms with Gasteiger partial charge in [0.2, 0.25) is 0 Å². The first kappa shape index (κ1) is 23.0. The van der Waals surface area contributed by atoms with Crippen LogP contribution in [0.3, 0.4) is 0 Å². The fourth-order valence-electron chi connectivity index (χ4n) is 3.55. The van der Waals surface area contributed by atoms with Crippen LogP contribution in [0.15, 0.2) is 66.1 Å². The fourth-order valence-corrected chi connectivity index (χ4v) is 3.55. The third-order valence-electron chi connectivity index (χ3n) is 5.10. The largest absolute Gasteiger partial charge is 0.497 e. The Morgan fingerprint density at radius 1 is 1.10 bits per heavy atom. The molecular weight excluding hydrogens is 362 g/mol. The van der Waals surface area contributed by atoms with Crippen LogP contribution >= 0.6 is 0 Å². The Balaban J connectivity index is 2.12. The SMILES string of the molecule is C=CCCC(O)(CCC=C)c1ccc(CN(CCC)Cc2cccc(OC)c2)o1. The van der Waals surface area contributed by atoms with Gasteiger partial charge in [-0.25, -0.2) is 0 Å². The summed E-state index contributed by atoms with van der Waals surface area (Å²) in [6, 6.07) is 12.1. The average Bonchev–Trinajstić information content (AvgIpc) is 3.20.